The molecule has 32 heavy (non-hydrogen) atoms. The summed E-state index contributed by atoms with van der Waals surface area (Å²) in [6.07, 6.45) is 1.09. The van der Waals surface area contributed by atoms with Gasteiger partial charge in [-0.05, 0) is 37.6 Å². The summed E-state index contributed by atoms with van der Waals surface area (Å²) < 4.78 is 7.19. The molecule has 0 aliphatic carbocycles. The van der Waals surface area contributed by atoms with E-state index in [-0.39, 0.29) is 11.3 Å². The number of carbonyl (C=O) groups is 1. The first kappa shape index (κ1) is 23.1. The minimum atomic E-state index is -1.33. The summed E-state index contributed by atoms with van der Waals surface area (Å²) in [5, 5.41) is 25.2. The van der Waals surface area contributed by atoms with E-state index in [0.29, 0.717) is 34.0 Å². The Morgan fingerprint density at radius 1 is 1.41 bits per heavy atom. The van der Waals surface area contributed by atoms with Crippen LogP contribution < -0.4 is 10.3 Å². The number of nitro benzene ring substituents is 1. The van der Waals surface area contributed by atoms with Crippen molar-refractivity contribution in [3.05, 3.63) is 72.7 Å². The molecule has 11 heteroatoms. The quantitative estimate of drug-likeness (QED) is 0.281. The van der Waals surface area contributed by atoms with Crippen molar-refractivity contribution in [2.45, 2.75) is 32.8 Å². The number of halogens is 1. The Hall–Kier alpha value is -3.60. The van der Waals surface area contributed by atoms with Gasteiger partial charge in [-0.1, -0.05) is 28.9 Å². The molecule has 1 atom stereocenters. The molecule has 0 aliphatic rings. The number of aromatic nitrogens is 2. The van der Waals surface area contributed by atoms with E-state index < -0.39 is 28.2 Å². The van der Waals surface area contributed by atoms with Crippen LogP contribution in [-0.4, -0.2) is 38.0 Å². The lowest BCUT2D eigenvalue weighted by molar-refractivity contribution is -0.386. The van der Waals surface area contributed by atoms with Gasteiger partial charge in [-0.25, -0.2) is 9.78 Å². The Bertz CT molecular complexity index is 1290. The molecule has 0 fully saturated rings. The highest BCUT2D eigenvalue weighted by atomic mass is 79.9. The number of hydrogen-bond donors (Lipinski definition) is 1. The Kier molecular flexibility index (Phi) is 6.98. The normalized spacial score (nSPS) is 12.2. The second-order valence-corrected chi connectivity index (χ2v) is 7.77. The van der Waals surface area contributed by atoms with Gasteiger partial charge in [0.25, 0.3) is 5.56 Å². The van der Waals surface area contributed by atoms with Crippen LogP contribution in [0.3, 0.4) is 0 Å². The van der Waals surface area contributed by atoms with Crippen LogP contribution in [0.5, 0.6) is 5.75 Å². The lowest BCUT2D eigenvalue weighted by Gasteiger charge is -2.13. The van der Waals surface area contributed by atoms with Gasteiger partial charge in [0.2, 0.25) is 5.75 Å². The maximum Gasteiger partial charge on any atom is 0.344 e. The molecule has 1 heterocycles. The number of aliphatic carboxylic acids is 1. The molecular formula is C21H19BrN4O6. The Labute approximate surface area is 190 Å². The number of fused-ring (bicyclic) bond motifs is 1. The molecule has 0 radical (unpaired) electrons. The summed E-state index contributed by atoms with van der Waals surface area (Å²) >= 11 is 3.34. The average Bonchev–Trinajstić information content (AvgIpc) is 2.74. The maximum absolute atomic E-state index is 13.1. The molecule has 3 aromatic rings. The monoisotopic (exact) mass is 502 g/mol. The van der Waals surface area contributed by atoms with Crippen LogP contribution >= 0.6 is 15.9 Å². The fraction of sp³-hybridized carbons (Fsp3) is 0.238. The van der Waals surface area contributed by atoms with Crippen molar-refractivity contribution in [2.75, 3.05) is 0 Å². The highest BCUT2D eigenvalue weighted by molar-refractivity contribution is 9.10. The molecule has 1 N–H and O–H groups in total. The second-order valence-electron chi connectivity index (χ2n) is 6.85. The summed E-state index contributed by atoms with van der Waals surface area (Å²) in [4.78, 5) is 39.6. The van der Waals surface area contributed by atoms with E-state index in [9.17, 15) is 19.7 Å². The van der Waals surface area contributed by atoms with Crippen LogP contribution in [0, 0.1) is 10.1 Å². The summed E-state index contributed by atoms with van der Waals surface area (Å²) in [6, 6.07) is 9.26. The van der Waals surface area contributed by atoms with E-state index in [0.717, 1.165) is 4.68 Å². The van der Waals surface area contributed by atoms with Gasteiger partial charge in [0, 0.05) is 22.5 Å². The Morgan fingerprint density at radius 3 is 2.81 bits per heavy atom. The molecule has 0 saturated heterocycles. The lowest BCUT2D eigenvalue weighted by atomic mass is 10.2. The number of carboxylic acid groups (broad SMARTS) is 1. The molecule has 0 amide bonds. The zero-order valence-electron chi connectivity index (χ0n) is 17.2. The fourth-order valence-corrected chi connectivity index (χ4v) is 3.32. The smallest absolute Gasteiger partial charge is 0.344 e. The highest BCUT2D eigenvalue weighted by Crippen LogP contribution is 2.31. The first-order valence-electron chi connectivity index (χ1n) is 9.65. The predicted molar refractivity (Wildman–Crippen MR) is 122 cm³/mol. The molecule has 0 spiro atoms. The molecule has 2 aromatic carbocycles. The predicted octanol–water partition coefficient (Wildman–Crippen LogP) is 3.75. The van der Waals surface area contributed by atoms with Crippen LogP contribution in [0.4, 0.5) is 5.69 Å². The number of nitro groups is 1. The number of nitrogens with zero attached hydrogens (tertiary/aromatic N) is 4. The minimum absolute atomic E-state index is 0.149. The van der Waals surface area contributed by atoms with Gasteiger partial charge in [0.15, 0.2) is 6.10 Å². The van der Waals surface area contributed by atoms with Crippen molar-refractivity contribution < 1.29 is 19.6 Å². The van der Waals surface area contributed by atoms with Crippen LogP contribution in [0.15, 0.2) is 50.8 Å². The average molecular weight is 503 g/mol. The number of ether oxygens (including phenoxy) is 1. The van der Waals surface area contributed by atoms with E-state index in [1.54, 1.807) is 18.2 Å². The number of carboxylic acids is 1. The molecule has 10 nitrogen and oxygen atoms in total. The zero-order valence-corrected chi connectivity index (χ0v) is 18.8. The van der Waals surface area contributed by atoms with E-state index >= 15 is 0 Å². The molecule has 166 valence electrons. The second kappa shape index (κ2) is 9.69. The first-order chi connectivity index (χ1) is 15.2. The SMILES string of the molecule is CCCc1nc2ccc(Br)cc2c(=O)n1N=Cc1cccc([N+](=O)[O-])c1O[C@H](C)C(=O)O. The Balaban J connectivity index is 2.16. The lowest BCUT2D eigenvalue weighted by Crippen LogP contribution is -2.24. The van der Waals surface area contributed by atoms with Gasteiger partial charge in [0.05, 0.1) is 22.0 Å². The maximum atomic E-state index is 13.1. The zero-order chi connectivity index (χ0) is 23.4. The third-order valence-electron chi connectivity index (χ3n) is 4.53. The van der Waals surface area contributed by atoms with Crippen molar-refractivity contribution >= 4 is 44.7 Å². The van der Waals surface area contributed by atoms with E-state index in [1.807, 2.05) is 6.92 Å². The van der Waals surface area contributed by atoms with Gasteiger partial charge in [-0.15, -0.1) is 0 Å². The summed E-state index contributed by atoms with van der Waals surface area (Å²) in [5.41, 5.74) is -0.134. The van der Waals surface area contributed by atoms with Gasteiger partial charge < -0.3 is 9.84 Å². The van der Waals surface area contributed by atoms with Crippen LogP contribution in [-0.2, 0) is 11.2 Å². The number of aryl methyl sites for hydroxylation is 1. The van der Waals surface area contributed by atoms with Crippen molar-refractivity contribution in [3.8, 4) is 5.75 Å². The van der Waals surface area contributed by atoms with Crippen LogP contribution in [0.2, 0.25) is 0 Å². The van der Waals surface area contributed by atoms with Crippen molar-refractivity contribution in [1.29, 1.82) is 0 Å². The van der Waals surface area contributed by atoms with Gasteiger partial charge in [-0.3, -0.25) is 14.9 Å². The number of para-hydroxylation sites is 1. The van der Waals surface area contributed by atoms with Gasteiger partial charge >= 0.3 is 11.7 Å². The van der Waals surface area contributed by atoms with Crippen LogP contribution in [0.1, 0.15) is 31.7 Å². The molecule has 3 rings (SSSR count). The first-order valence-corrected chi connectivity index (χ1v) is 10.4. The van der Waals surface area contributed by atoms with Crippen molar-refractivity contribution in [3.63, 3.8) is 0 Å². The molecule has 0 bridgehead atoms. The third-order valence-corrected chi connectivity index (χ3v) is 5.02. The van der Waals surface area contributed by atoms with Gasteiger partial charge in [0.1, 0.15) is 5.82 Å². The highest BCUT2D eigenvalue weighted by Gasteiger charge is 2.23. The van der Waals surface area contributed by atoms with E-state index in [1.165, 1.54) is 31.3 Å². The third kappa shape index (κ3) is 4.83. The van der Waals surface area contributed by atoms with Crippen molar-refractivity contribution in [2.24, 2.45) is 5.10 Å². The molecule has 1 aromatic heterocycles. The molecular weight excluding hydrogens is 484 g/mol. The van der Waals surface area contributed by atoms with E-state index in [2.05, 4.69) is 26.0 Å². The summed E-state index contributed by atoms with van der Waals surface area (Å²) in [6.45, 7) is 3.20. The summed E-state index contributed by atoms with van der Waals surface area (Å²) in [5.74, 6) is -1.11. The Morgan fingerprint density at radius 2 is 2.16 bits per heavy atom. The number of benzene rings is 2. The largest absolute Gasteiger partial charge is 0.479 e. The van der Waals surface area contributed by atoms with Crippen LogP contribution in [0.25, 0.3) is 10.9 Å². The van der Waals surface area contributed by atoms with E-state index in [4.69, 9.17) is 9.84 Å². The fourth-order valence-electron chi connectivity index (χ4n) is 2.96. The van der Waals surface area contributed by atoms with Gasteiger partial charge in [-0.2, -0.15) is 9.78 Å². The standard InChI is InChI=1S/C21H19BrN4O6/c1-3-5-18-24-16-9-8-14(22)10-15(16)20(27)25(18)23-11-13-6-4-7-17(26(30)31)19(13)32-12(2)21(28)29/h4,6-12H,3,5H2,1-2H3,(H,28,29)/t12-/m1/s1. The van der Waals surface area contributed by atoms with Crippen molar-refractivity contribution in [1.82, 2.24) is 9.66 Å². The number of rotatable bonds is 8. The topological polar surface area (TPSA) is 137 Å². The molecule has 0 aliphatic heterocycles. The minimum Gasteiger partial charge on any atom is -0.479 e. The number of hydrogen-bond acceptors (Lipinski definition) is 7. The molecule has 0 saturated carbocycles. The summed E-state index contributed by atoms with van der Waals surface area (Å²) in [7, 11) is 0. The molecule has 0 unspecified atom stereocenters.